The minimum absolute atomic E-state index is 0.0716. The standard InChI is InChI=1S/C17H19FN2O4S/c18-14-6-4-13(5-7-14)12-19-17(21)15-8-9-16(24-15)25(22,23)20-10-2-1-3-11-20/h4-9H,1-3,10-12H2,(H,19,21). The van der Waals surface area contributed by atoms with Crippen molar-refractivity contribution in [2.75, 3.05) is 13.1 Å². The fraction of sp³-hybridized carbons (Fsp3) is 0.353. The second-order valence-electron chi connectivity index (χ2n) is 5.89. The molecule has 0 saturated carbocycles. The van der Waals surface area contributed by atoms with Crippen molar-refractivity contribution in [1.29, 1.82) is 0 Å². The first kappa shape index (κ1) is 17.6. The van der Waals surface area contributed by atoms with Crippen LogP contribution in [0.1, 0.15) is 35.4 Å². The maximum atomic E-state index is 12.9. The Balaban J connectivity index is 1.65. The minimum atomic E-state index is -3.70. The summed E-state index contributed by atoms with van der Waals surface area (Å²) in [5.41, 5.74) is 0.725. The molecule has 1 aliphatic rings. The number of sulfonamides is 1. The van der Waals surface area contributed by atoms with Crippen molar-refractivity contribution in [3.63, 3.8) is 0 Å². The van der Waals surface area contributed by atoms with Crippen LogP contribution in [0.4, 0.5) is 4.39 Å². The van der Waals surface area contributed by atoms with Gasteiger partial charge in [0, 0.05) is 19.6 Å². The maximum Gasteiger partial charge on any atom is 0.287 e. The lowest BCUT2D eigenvalue weighted by Crippen LogP contribution is -2.35. The van der Waals surface area contributed by atoms with Crippen molar-refractivity contribution in [2.24, 2.45) is 0 Å². The van der Waals surface area contributed by atoms with Gasteiger partial charge in [-0.05, 0) is 42.7 Å². The molecule has 1 amide bonds. The molecule has 0 atom stereocenters. The second-order valence-corrected chi connectivity index (χ2v) is 7.76. The van der Waals surface area contributed by atoms with Gasteiger partial charge in [0.15, 0.2) is 5.76 Å². The number of piperidine rings is 1. The van der Waals surface area contributed by atoms with E-state index in [1.54, 1.807) is 12.1 Å². The van der Waals surface area contributed by atoms with Gasteiger partial charge in [0.1, 0.15) is 5.82 Å². The van der Waals surface area contributed by atoms with Crippen molar-refractivity contribution in [3.05, 3.63) is 53.5 Å². The number of carbonyl (C=O) groups is 1. The Morgan fingerprint density at radius 1 is 1.08 bits per heavy atom. The van der Waals surface area contributed by atoms with E-state index in [9.17, 15) is 17.6 Å². The normalized spacial score (nSPS) is 15.9. The molecule has 25 heavy (non-hydrogen) atoms. The van der Waals surface area contributed by atoms with E-state index in [2.05, 4.69) is 5.32 Å². The van der Waals surface area contributed by atoms with Crippen LogP contribution in [0.3, 0.4) is 0 Å². The third kappa shape index (κ3) is 4.08. The Morgan fingerprint density at radius 2 is 1.76 bits per heavy atom. The minimum Gasteiger partial charge on any atom is -0.438 e. The molecule has 134 valence electrons. The van der Waals surface area contributed by atoms with Gasteiger partial charge in [-0.3, -0.25) is 4.79 Å². The van der Waals surface area contributed by atoms with Crippen molar-refractivity contribution in [2.45, 2.75) is 30.9 Å². The Morgan fingerprint density at radius 3 is 2.44 bits per heavy atom. The van der Waals surface area contributed by atoms with E-state index in [4.69, 9.17) is 4.42 Å². The third-order valence-electron chi connectivity index (χ3n) is 4.08. The zero-order valence-electron chi connectivity index (χ0n) is 13.6. The summed E-state index contributed by atoms with van der Waals surface area (Å²) in [6.45, 7) is 1.12. The van der Waals surface area contributed by atoms with Crippen LogP contribution in [0.2, 0.25) is 0 Å². The van der Waals surface area contributed by atoms with E-state index in [-0.39, 0.29) is 23.2 Å². The summed E-state index contributed by atoms with van der Waals surface area (Å²) in [5.74, 6) is -0.948. The molecule has 0 spiro atoms. The summed E-state index contributed by atoms with van der Waals surface area (Å²) in [4.78, 5) is 12.1. The smallest absolute Gasteiger partial charge is 0.287 e. The Bertz CT molecular complexity index is 840. The molecule has 1 fully saturated rings. The highest BCUT2D eigenvalue weighted by molar-refractivity contribution is 7.89. The first-order valence-electron chi connectivity index (χ1n) is 8.09. The molecule has 1 aromatic heterocycles. The van der Waals surface area contributed by atoms with Crippen LogP contribution >= 0.6 is 0 Å². The highest BCUT2D eigenvalue weighted by atomic mass is 32.2. The SMILES string of the molecule is O=C(NCc1ccc(F)cc1)c1ccc(S(=O)(=O)N2CCCCC2)o1. The highest BCUT2D eigenvalue weighted by Gasteiger charge is 2.29. The molecule has 0 radical (unpaired) electrons. The lowest BCUT2D eigenvalue weighted by Gasteiger charge is -2.24. The number of nitrogens with one attached hydrogen (secondary N) is 1. The van der Waals surface area contributed by atoms with Crippen LogP contribution in [-0.4, -0.2) is 31.7 Å². The summed E-state index contributed by atoms with van der Waals surface area (Å²) in [7, 11) is -3.70. The van der Waals surface area contributed by atoms with Crippen molar-refractivity contribution in [1.82, 2.24) is 9.62 Å². The average Bonchev–Trinajstić information content (AvgIpc) is 3.13. The second kappa shape index (κ2) is 7.37. The van der Waals surface area contributed by atoms with Crippen molar-refractivity contribution in [3.8, 4) is 0 Å². The molecular formula is C17H19FN2O4S. The molecule has 1 N–H and O–H groups in total. The number of furan rings is 1. The Hall–Kier alpha value is -2.19. The molecule has 2 heterocycles. The quantitative estimate of drug-likeness (QED) is 0.882. The van der Waals surface area contributed by atoms with Gasteiger partial charge in [-0.25, -0.2) is 12.8 Å². The third-order valence-corrected chi connectivity index (χ3v) is 5.85. The van der Waals surface area contributed by atoms with E-state index in [0.717, 1.165) is 24.8 Å². The van der Waals surface area contributed by atoms with Gasteiger partial charge in [-0.1, -0.05) is 18.6 Å². The highest BCUT2D eigenvalue weighted by Crippen LogP contribution is 2.22. The van der Waals surface area contributed by atoms with E-state index >= 15 is 0 Å². The molecular weight excluding hydrogens is 347 g/mol. The number of nitrogens with zero attached hydrogens (tertiary/aromatic N) is 1. The van der Waals surface area contributed by atoms with Crippen LogP contribution in [0.25, 0.3) is 0 Å². The predicted molar refractivity (Wildman–Crippen MR) is 88.9 cm³/mol. The van der Waals surface area contributed by atoms with Gasteiger partial charge in [0.05, 0.1) is 0 Å². The Kier molecular flexibility index (Phi) is 5.19. The topological polar surface area (TPSA) is 79.6 Å². The number of carbonyl (C=O) groups excluding carboxylic acids is 1. The van der Waals surface area contributed by atoms with Gasteiger partial charge in [-0.15, -0.1) is 0 Å². The zero-order chi connectivity index (χ0) is 17.9. The fourth-order valence-corrected chi connectivity index (χ4v) is 4.11. The molecule has 1 aliphatic heterocycles. The molecule has 1 aromatic carbocycles. The molecule has 8 heteroatoms. The van der Waals surface area contributed by atoms with Gasteiger partial charge in [-0.2, -0.15) is 4.31 Å². The molecule has 2 aromatic rings. The molecule has 0 aliphatic carbocycles. The van der Waals surface area contributed by atoms with Crippen LogP contribution in [0.5, 0.6) is 0 Å². The van der Waals surface area contributed by atoms with Gasteiger partial charge in [0.2, 0.25) is 5.09 Å². The average molecular weight is 366 g/mol. The predicted octanol–water partition coefficient (Wildman–Crippen LogP) is 2.52. The summed E-state index contributed by atoms with van der Waals surface area (Å²) in [5, 5.41) is 2.39. The Labute approximate surface area is 145 Å². The van der Waals surface area contributed by atoms with Crippen LogP contribution < -0.4 is 5.32 Å². The summed E-state index contributed by atoms with van der Waals surface area (Å²) in [6.07, 6.45) is 2.66. The number of benzene rings is 1. The number of amides is 1. The molecule has 0 unspecified atom stereocenters. The van der Waals surface area contributed by atoms with Crippen molar-refractivity contribution >= 4 is 15.9 Å². The van der Waals surface area contributed by atoms with Gasteiger partial charge in [0.25, 0.3) is 15.9 Å². The number of hydrogen-bond donors (Lipinski definition) is 1. The number of halogens is 1. The van der Waals surface area contributed by atoms with Crippen LogP contribution in [-0.2, 0) is 16.6 Å². The summed E-state index contributed by atoms with van der Waals surface area (Å²) < 4.78 is 44.5. The molecule has 0 bridgehead atoms. The summed E-state index contributed by atoms with van der Waals surface area (Å²) in [6, 6.07) is 8.37. The van der Waals surface area contributed by atoms with Gasteiger partial charge >= 0.3 is 0 Å². The monoisotopic (exact) mass is 366 g/mol. The van der Waals surface area contributed by atoms with E-state index in [1.165, 1.54) is 28.6 Å². The largest absolute Gasteiger partial charge is 0.438 e. The van der Waals surface area contributed by atoms with Gasteiger partial charge < -0.3 is 9.73 Å². The number of rotatable bonds is 5. The molecule has 1 saturated heterocycles. The van der Waals surface area contributed by atoms with Crippen molar-refractivity contribution < 1.29 is 22.0 Å². The molecule has 6 nitrogen and oxygen atoms in total. The maximum absolute atomic E-state index is 12.9. The van der Waals surface area contributed by atoms with E-state index in [1.807, 2.05) is 0 Å². The van der Waals surface area contributed by atoms with Crippen LogP contribution in [0, 0.1) is 5.82 Å². The first-order valence-corrected chi connectivity index (χ1v) is 9.53. The molecule has 3 rings (SSSR count). The number of hydrogen-bond acceptors (Lipinski definition) is 4. The van der Waals surface area contributed by atoms with E-state index < -0.39 is 15.9 Å². The summed E-state index contributed by atoms with van der Waals surface area (Å²) >= 11 is 0. The van der Waals surface area contributed by atoms with Crippen LogP contribution in [0.15, 0.2) is 45.9 Å². The van der Waals surface area contributed by atoms with E-state index in [0.29, 0.717) is 13.1 Å². The fourth-order valence-electron chi connectivity index (χ4n) is 2.69. The first-order chi connectivity index (χ1) is 12.0. The lowest BCUT2D eigenvalue weighted by atomic mass is 10.2. The zero-order valence-corrected chi connectivity index (χ0v) is 14.4. The lowest BCUT2D eigenvalue weighted by molar-refractivity contribution is 0.0917.